The molecule has 0 amide bonds. The summed E-state index contributed by atoms with van der Waals surface area (Å²) in [5.74, 6) is 1.00. The fourth-order valence-electron chi connectivity index (χ4n) is 3.02. The zero-order chi connectivity index (χ0) is 15.1. The van der Waals surface area contributed by atoms with Crippen LogP contribution in [0.1, 0.15) is 41.4 Å². The molecule has 1 aliphatic rings. The minimum Gasteiger partial charge on any atom is -0.337 e. The molecule has 3 aromatic heterocycles. The van der Waals surface area contributed by atoms with Gasteiger partial charge in [-0.15, -0.1) is 11.3 Å². The first kappa shape index (κ1) is 13.6. The number of nitrogens with zero attached hydrogens (tertiary/aromatic N) is 4. The first-order valence-electron chi connectivity index (χ1n) is 7.51. The highest BCUT2D eigenvalue weighted by Crippen LogP contribution is 2.32. The Morgan fingerprint density at radius 3 is 3.00 bits per heavy atom. The second-order valence-electron chi connectivity index (χ2n) is 5.66. The lowest BCUT2D eigenvalue weighted by molar-refractivity contribution is 0.366. The van der Waals surface area contributed by atoms with Gasteiger partial charge in [0.15, 0.2) is 5.82 Å². The van der Waals surface area contributed by atoms with Gasteiger partial charge in [0.1, 0.15) is 11.4 Å². The van der Waals surface area contributed by atoms with Gasteiger partial charge in [-0.25, -0.2) is 4.98 Å². The van der Waals surface area contributed by atoms with E-state index in [1.165, 1.54) is 23.3 Å². The van der Waals surface area contributed by atoms with Gasteiger partial charge < -0.3 is 4.52 Å². The van der Waals surface area contributed by atoms with Crippen LogP contribution in [0.15, 0.2) is 15.6 Å². The molecule has 22 heavy (non-hydrogen) atoms. The summed E-state index contributed by atoms with van der Waals surface area (Å²) < 4.78 is 6.67. The summed E-state index contributed by atoms with van der Waals surface area (Å²) in [6.07, 6.45) is 7.22. The third-order valence-electron chi connectivity index (χ3n) is 4.07. The Labute approximate surface area is 130 Å². The number of rotatable bonds is 2. The summed E-state index contributed by atoms with van der Waals surface area (Å²) >= 11 is 1.67. The van der Waals surface area contributed by atoms with E-state index in [-0.39, 0.29) is 12.1 Å². The smallest absolute Gasteiger partial charge is 0.262 e. The SMILES string of the molecule is Cc1noc(Cn2cnc3sc4c(c3c2=O)CCCCC4)n1. The average molecular weight is 316 g/mol. The number of aromatic nitrogens is 4. The monoisotopic (exact) mass is 316 g/mol. The summed E-state index contributed by atoms with van der Waals surface area (Å²) in [4.78, 5) is 23.6. The van der Waals surface area contributed by atoms with Gasteiger partial charge in [0, 0.05) is 4.88 Å². The maximum absolute atomic E-state index is 12.8. The van der Waals surface area contributed by atoms with Crippen molar-refractivity contribution < 1.29 is 4.52 Å². The van der Waals surface area contributed by atoms with E-state index in [2.05, 4.69) is 15.1 Å². The van der Waals surface area contributed by atoms with Crippen LogP contribution in [0.3, 0.4) is 0 Å². The Morgan fingerprint density at radius 1 is 1.32 bits per heavy atom. The van der Waals surface area contributed by atoms with E-state index < -0.39 is 0 Å². The predicted molar refractivity (Wildman–Crippen MR) is 83.3 cm³/mol. The largest absolute Gasteiger partial charge is 0.337 e. The third-order valence-corrected chi connectivity index (χ3v) is 5.27. The van der Waals surface area contributed by atoms with Gasteiger partial charge >= 0.3 is 0 Å². The zero-order valence-electron chi connectivity index (χ0n) is 12.3. The molecule has 0 aromatic carbocycles. The molecule has 0 saturated heterocycles. The zero-order valence-corrected chi connectivity index (χ0v) is 13.2. The molecule has 0 bridgehead atoms. The fraction of sp³-hybridized carbons (Fsp3) is 0.467. The highest BCUT2D eigenvalue weighted by atomic mass is 32.1. The molecular weight excluding hydrogens is 300 g/mol. The number of thiophene rings is 1. The maximum Gasteiger partial charge on any atom is 0.262 e. The van der Waals surface area contributed by atoms with Crippen molar-refractivity contribution in [1.29, 1.82) is 0 Å². The Kier molecular flexibility index (Phi) is 3.29. The average Bonchev–Trinajstić information content (AvgIpc) is 2.99. The standard InChI is InChI=1S/C15H16N4O2S/c1-9-17-12(21-18-9)7-19-8-16-14-13(15(19)20)10-5-3-2-4-6-11(10)22-14/h8H,2-7H2,1H3. The van der Waals surface area contributed by atoms with Crippen molar-refractivity contribution in [3.05, 3.63) is 38.8 Å². The fourth-order valence-corrected chi connectivity index (χ4v) is 4.24. The van der Waals surface area contributed by atoms with Crippen molar-refractivity contribution in [3.63, 3.8) is 0 Å². The Bertz CT molecular complexity index is 893. The molecule has 6 nitrogen and oxygen atoms in total. The van der Waals surface area contributed by atoms with Crippen molar-refractivity contribution in [2.75, 3.05) is 0 Å². The van der Waals surface area contributed by atoms with E-state index in [1.807, 2.05) is 0 Å². The highest BCUT2D eigenvalue weighted by molar-refractivity contribution is 7.18. The van der Waals surface area contributed by atoms with E-state index in [1.54, 1.807) is 29.2 Å². The molecule has 0 unspecified atom stereocenters. The Balaban J connectivity index is 1.82. The second kappa shape index (κ2) is 5.31. The van der Waals surface area contributed by atoms with Crippen molar-refractivity contribution in [2.45, 2.75) is 45.6 Å². The molecule has 0 N–H and O–H groups in total. The van der Waals surface area contributed by atoms with E-state index >= 15 is 0 Å². The number of fused-ring (bicyclic) bond motifs is 3. The molecule has 3 aromatic rings. The van der Waals surface area contributed by atoms with Gasteiger partial charge in [-0.05, 0) is 38.2 Å². The number of aryl methyl sites for hydroxylation is 3. The van der Waals surface area contributed by atoms with E-state index in [9.17, 15) is 4.79 Å². The Morgan fingerprint density at radius 2 is 2.18 bits per heavy atom. The highest BCUT2D eigenvalue weighted by Gasteiger charge is 2.19. The second-order valence-corrected chi connectivity index (χ2v) is 6.74. The van der Waals surface area contributed by atoms with Crippen LogP contribution in [0.25, 0.3) is 10.2 Å². The molecule has 4 rings (SSSR count). The summed E-state index contributed by atoms with van der Waals surface area (Å²) in [7, 11) is 0. The molecule has 3 heterocycles. The summed E-state index contributed by atoms with van der Waals surface area (Å²) in [5.41, 5.74) is 1.21. The van der Waals surface area contributed by atoms with Crippen molar-refractivity contribution in [2.24, 2.45) is 0 Å². The third kappa shape index (κ3) is 2.25. The molecule has 0 atom stereocenters. The number of hydrogen-bond donors (Lipinski definition) is 0. The molecule has 0 aliphatic heterocycles. The van der Waals surface area contributed by atoms with Crippen LogP contribution in [0.2, 0.25) is 0 Å². The molecule has 0 fully saturated rings. The van der Waals surface area contributed by atoms with E-state index in [0.29, 0.717) is 11.7 Å². The number of hydrogen-bond acceptors (Lipinski definition) is 6. The summed E-state index contributed by atoms with van der Waals surface area (Å²) in [5, 5.41) is 4.55. The van der Waals surface area contributed by atoms with Crippen molar-refractivity contribution in [3.8, 4) is 0 Å². The van der Waals surface area contributed by atoms with Crippen molar-refractivity contribution in [1.82, 2.24) is 19.7 Å². The lowest BCUT2D eigenvalue weighted by Crippen LogP contribution is -2.21. The first-order chi connectivity index (χ1) is 10.7. The van der Waals surface area contributed by atoms with Gasteiger partial charge in [-0.3, -0.25) is 9.36 Å². The molecular formula is C15H16N4O2S. The van der Waals surface area contributed by atoms with Crippen LogP contribution in [0.4, 0.5) is 0 Å². The summed E-state index contributed by atoms with van der Waals surface area (Å²) in [6.45, 7) is 2.03. The lowest BCUT2D eigenvalue weighted by Gasteiger charge is -2.03. The van der Waals surface area contributed by atoms with E-state index in [0.717, 1.165) is 29.5 Å². The Hall–Kier alpha value is -2.02. The van der Waals surface area contributed by atoms with Crippen LogP contribution in [-0.4, -0.2) is 19.7 Å². The molecule has 0 radical (unpaired) electrons. The van der Waals surface area contributed by atoms with E-state index in [4.69, 9.17) is 4.52 Å². The molecule has 7 heteroatoms. The first-order valence-corrected chi connectivity index (χ1v) is 8.33. The van der Waals surface area contributed by atoms with Crippen LogP contribution in [-0.2, 0) is 19.4 Å². The topological polar surface area (TPSA) is 73.8 Å². The minimum absolute atomic E-state index is 0.000234. The quantitative estimate of drug-likeness (QED) is 0.679. The van der Waals surface area contributed by atoms with Gasteiger partial charge in [0.25, 0.3) is 5.56 Å². The van der Waals surface area contributed by atoms with Crippen molar-refractivity contribution >= 4 is 21.6 Å². The molecule has 0 saturated carbocycles. The maximum atomic E-state index is 12.8. The van der Waals surface area contributed by atoms with Gasteiger partial charge in [0.2, 0.25) is 5.89 Å². The van der Waals surface area contributed by atoms with Crippen LogP contribution in [0.5, 0.6) is 0 Å². The lowest BCUT2D eigenvalue weighted by atomic mass is 10.1. The van der Waals surface area contributed by atoms with Crippen LogP contribution in [0, 0.1) is 6.92 Å². The van der Waals surface area contributed by atoms with Gasteiger partial charge in [-0.1, -0.05) is 11.6 Å². The summed E-state index contributed by atoms with van der Waals surface area (Å²) in [6, 6.07) is 0. The molecule has 114 valence electrons. The minimum atomic E-state index is 0.000234. The van der Waals surface area contributed by atoms with Gasteiger partial charge in [-0.2, -0.15) is 4.98 Å². The normalized spacial score (nSPS) is 15.0. The molecule has 0 spiro atoms. The van der Waals surface area contributed by atoms with Gasteiger partial charge in [0.05, 0.1) is 11.7 Å². The molecule has 1 aliphatic carbocycles. The predicted octanol–water partition coefficient (Wildman–Crippen LogP) is 2.47. The van der Waals surface area contributed by atoms with Crippen LogP contribution < -0.4 is 5.56 Å². The van der Waals surface area contributed by atoms with Crippen LogP contribution >= 0.6 is 11.3 Å².